The van der Waals surface area contributed by atoms with Crippen molar-refractivity contribution in [2.45, 2.75) is 78.0 Å². The number of rotatable bonds is 15. The van der Waals surface area contributed by atoms with Crippen LogP contribution in [0.15, 0.2) is 54.6 Å². The molecule has 0 aromatic heterocycles. The monoisotopic (exact) mass is 440 g/mol. The number of carbonyl (C=O) groups is 1. The minimum Gasteiger partial charge on any atom is -0.455 e. The molecule has 0 saturated heterocycles. The molecule has 0 saturated carbocycles. The molecule has 2 aromatic rings. The average molecular weight is 441 g/mol. The number of esters is 1. The quantitative estimate of drug-likeness (QED) is 0.137. The van der Waals surface area contributed by atoms with Gasteiger partial charge in [0.2, 0.25) is 6.29 Å². The minimum absolute atomic E-state index is 0.247. The number of para-hydroxylation sites is 1. The van der Waals surface area contributed by atoms with E-state index in [4.69, 9.17) is 9.47 Å². The van der Waals surface area contributed by atoms with Gasteiger partial charge >= 0.3 is 5.97 Å². The van der Waals surface area contributed by atoms with Crippen molar-refractivity contribution in [3.8, 4) is 5.75 Å². The normalized spacial score (nSPS) is 12.4. The smallest absolute Gasteiger partial charge is 0.364 e. The summed E-state index contributed by atoms with van der Waals surface area (Å²) in [5.41, 5.74) is 2.39. The van der Waals surface area contributed by atoms with E-state index in [0.717, 1.165) is 25.1 Å². The molecule has 176 valence electrons. The van der Waals surface area contributed by atoms with E-state index in [1.54, 1.807) is 6.92 Å². The van der Waals surface area contributed by atoms with Gasteiger partial charge in [-0.15, -0.1) is 0 Å². The van der Waals surface area contributed by atoms with E-state index >= 15 is 0 Å². The van der Waals surface area contributed by atoms with Crippen molar-refractivity contribution in [3.05, 3.63) is 65.7 Å². The predicted molar refractivity (Wildman–Crippen MR) is 131 cm³/mol. The van der Waals surface area contributed by atoms with Crippen LogP contribution >= 0.6 is 0 Å². The molecule has 1 unspecified atom stereocenters. The van der Waals surface area contributed by atoms with Crippen LogP contribution in [0.2, 0.25) is 0 Å². The van der Waals surface area contributed by atoms with Crippen LogP contribution in [-0.4, -0.2) is 37.4 Å². The van der Waals surface area contributed by atoms with Gasteiger partial charge in [-0.25, -0.2) is 4.79 Å². The molecule has 0 spiro atoms. The van der Waals surface area contributed by atoms with Crippen LogP contribution in [0.5, 0.6) is 5.75 Å². The van der Waals surface area contributed by atoms with Gasteiger partial charge in [0.1, 0.15) is 12.3 Å². The van der Waals surface area contributed by atoms with E-state index in [9.17, 15) is 4.79 Å². The summed E-state index contributed by atoms with van der Waals surface area (Å²) >= 11 is 0. The number of benzene rings is 2. The molecule has 0 amide bonds. The summed E-state index contributed by atoms with van der Waals surface area (Å²) in [6.45, 7) is 5.11. The predicted octanol–water partition coefficient (Wildman–Crippen LogP) is 6.52. The van der Waals surface area contributed by atoms with Gasteiger partial charge in [0.05, 0.1) is 14.1 Å². The number of quaternary nitrogens is 1. The van der Waals surface area contributed by atoms with Gasteiger partial charge in [0.25, 0.3) is 0 Å². The average Bonchev–Trinajstić information content (AvgIpc) is 2.74. The van der Waals surface area contributed by atoms with E-state index in [1.165, 1.54) is 49.7 Å². The summed E-state index contributed by atoms with van der Waals surface area (Å²) in [5, 5.41) is 0. The van der Waals surface area contributed by atoms with E-state index < -0.39 is 6.29 Å². The summed E-state index contributed by atoms with van der Waals surface area (Å²) in [6.07, 6.45) is 9.39. The highest BCUT2D eigenvalue weighted by Crippen LogP contribution is 2.22. The first kappa shape index (κ1) is 25.9. The van der Waals surface area contributed by atoms with Crippen LogP contribution in [0.25, 0.3) is 0 Å². The minimum atomic E-state index is -0.616. The number of hydrogen-bond donors (Lipinski definition) is 0. The Bertz CT molecular complexity index is 788. The molecule has 0 N–H and O–H groups in total. The van der Waals surface area contributed by atoms with Gasteiger partial charge < -0.3 is 14.0 Å². The largest absolute Gasteiger partial charge is 0.455 e. The molecule has 2 rings (SSSR count). The molecular weight excluding hydrogens is 398 g/mol. The summed E-state index contributed by atoms with van der Waals surface area (Å²) in [7, 11) is 4.08. The van der Waals surface area contributed by atoms with Gasteiger partial charge in [-0.1, -0.05) is 94.0 Å². The number of unbranched alkanes of at least 4 members (excludes halogenated alkanes) is 6. The van der Waals surface area contributed by atoms with E-state index in [1.807, 2.05) is 50.5 Å². The number of hydrogen-bond acceptors (Lipinski definition) is 3. The molecule has 0 aliphatic rings. The molecule has 0 bridgehead atoms. The Morgan fingerprint density at radius 3 is 2.22 bits per heavy atom. The van der Waals surface area contributed by atoms with Crippen molar-refractivity contribution in [2.24, 2.45) is 0 Å². The molecule has 4 nitrogen and oxygen atoms in total. The van der Waals surface area contributed by atoms with Crippen molar-refractivity contribution in [1.29, 1.82) is 0 Å². The maximum absolute atomic E-state index is 12.5. The number of likely N-dealkylation sites (N-methyl/N-ethyl adjacent to an activating group) is 1. The standard InChI is InChI=1S/C28H42NO3/c1-5-6-7-8-9-10-14-19-26-20-15-16-21-27(26)31-24(2)32-28(30)23-29(3,4)22-25-17-12-11-13-18-25/h11-13,15-18,20-21,24H,5-10,14,19,22-23H2,1-4H3/q+1. The Hall–Kier alpha value is -2.33. The molecule has 2 aromatic carbocycles. The number of nitrogens with zero attached hydrogens (tertiary/aromatic N) is 1. The van der Waals surface area contributed by atoms with Crippen molar-refractivity contribution in [1.82, 2.24) is 0 Å². The molecule has 4 heteroatoms. The first-order chi connectivity index (χ1) is 15.4. The molecule has 0 fully saturated rings. The van der Waals surface area contributed by atoms with Crippen LogP contribution in [-0.2, 0) is 22.5 Å². The second kappa shape index (κ2) is 13.9. The molecule has 0 heterocycles. The van der Waals surface area contributed by atoms with Crippen LogP contribution in [0.3, 0.4) is 0 Å². The summed E-state index contributed by atoms with van der Waals surface area (Å²) in [5.74, 6) is 0.569. The summed E-state index contributed by atoms with van der Waals surface area (Å²) in [6, 6.07) is 18.3. The highest BCUT2D eigenvalue weighted by Gasteiger charge is 2.23. The lowest BCUT2D eigenvalue weighted by molar-refractivity contribution is -0.896. The summed E-state index contributed by atoms with van der Waals surface area (Å²) < 4.78 is 12.1. The molecule has 1 atom stereocenters. The topological polar surface area (TPSA) is 35.5 Å². The van der Waals surface area contributed by atoms with Crippen molar-refractivity contribution < 1.29 is 18.8 Å². The van der Waals surface area contributed by atoms with Gasteiger partial charge in [-0.05, 0) is 24.5 Å². The third-order valence-corrected chi connectivity index (χ3v) is 5.62. The second-order valence-electron chi connectivity index (χ2n) is 9.39. The SMILES string of the molecule is CCCCCCCCCc1ccccc1OC(C)OC(=O)C[N+](C)(C)Cc1ccccc1. The molecule has 0 aliphatic heterocycles. The van der Waals surface area contributed by atoms with Crippen molar-refractivity contribution >= 4 is 5.97 Å². The molecule has 0 aliphatic carbocycles. The van der Waals surface area contributed by atoms with Gasteiger partial charge in [0, 0.05) is 12.5 Å². The third kappa shape index (κ3) is 10.3. The van der Waals surface area contributed by atoms with Crippen molar-refractivity contribution in [3.63, 3.8) is 0 Å². The Morgan fingerprint density at radius 2 is 1.50 bits per heavy atom. The number of aryl methyl sites for hydroxylation is 1. The lowest BCUT2D eigenvalue weighted by Crippen LogP contribution is -2.44. The molecule has 32 heavy (non-hydrogen) atoms. The van der Waals surface area contributed by atoms with Crippen LogP contribution in [0.1, 0.15) is 69.9 Å². The van der Waals surface area contributed by atoms with Gasteiger partial charge in [-0.3, -0.25) is 0 Å². The first-order valence-corrected chi connectivity index (χ1v) is 12.2. The van der Waals surface area contributed by atoms with E-state index in [2.05, 4.69) is 25.1 Å². The molecule has 0 radical (unpaired) electrons. The highest BCUT2D eigenvalue weighted by atomic mass is 16.7. The molecular formula is C28H42NO3+. The maximum Gasteiger partial charge on any atom is 0.364 e. The van der Waals surface area contributed by atoms with E-state index in [-0.39, 0.29) is 5.97 Å². The van der Waals surface area contributed by atoms with Crippen LogP contribution < -0.4 is 4.74 Å². The lowest BCUT2D eigenvalue weighted by atomic mass is 10.0. The van der Waals surface area contributed by atoms with Gasteiger partial charge in [0.15, 0.2) is 6.54 Å². The number of carbonyl (C=O) groups excluding carboxylic acids is 1. The first-order valence-electron chi connectivity index (χ1n) is 12.2. The number of ether oxygens (including phenoxy) is 2. The Kier molecular flexibility index (Phi) is 11.3. The third-order valence-electron chi connectivity index (χ3n) is 5.62. The summed E-state index contributed by atoms with van der Waals surface area (Å²) in [4.78, 5) is 12.5. The lowest BCUT2D eigenvalue weighted by Gasteiger charge is -2.29. The second-order valence-corrected chi connectivity index (χ2v) is 9.39. The van der Waals surface area contributed by atoms with E-state index in [0.29, 0.717) is 11.0 Å². The zero-order valence-electron chi connectivity index (χ0n) is 20.5. The van der Waals surface area contributed by atoms with Crippen LogP contribution in [0, 0.1) is 0 Å². The zero-order valence-corrected chi connectivity index (χ0v) is 20.5. The highest BCUT2D eigenvalue weighted by molar-refractivity contribution is 5.70. The van der Waals surface area contributed by atoms with Crippen LogP contribution in [0.4, 0.5) is 0 Å². The zero-order chi connectivity index (χ0) is 23.2. The Labute approximate surface area is 195 Å². The maximum atomic E-state index is 12.5. The Balaban J connectivity index is 1.78. The fourth-order valence-electron chi connectivity index (χ4n) is 4.01. The van der Waals surface area contributed by atoms with Gasteiger partial charge in [-0.2, -0.15) is 0 Å². The Morgan fingerprint density at radius 1 is 0.875 bits per heavy atom. The fraction of sp³-hybridized carbons (Fsp3) is 0.536. The van der Waals surface area contributed by atoms with Crippen molar-refractivity contribution in [2.75, 3.05) is 20.6 Å². The fourth-order valence-corrected chi connectivity index (χ4v) is 4.01.